The average Bonchev–Trinajstić information content (AvgIpc) is 2.98. The molecule has 1 aromatic heterocycles. The summed E-state index contributed by atoms with van der Waals surface area (Å²) in [7, 11) is 1.34. The highest BCUT2D eigenvalue weighted by molar-refractivity contribution is 5.95. The van der Waals surface area contributed by atoms with E-state index in [1.807, 2.05) is 24.3 Å². The molecule has 2 saturated heterocycles. The summed E-state index contributed by atoms with van der Waals surface area (Å²) in [6.07, 6.45) is 1.34. The molecule has 198 valence electrons. The number of benzene rings is 2. The normalized spacial score (nSPS) is 16.7. The molecular weight excluding hydrogens is 482 g/mol. The van der Waals surface area contributed by atoms with E-state index in [9.17, 15) is 9.59 Å². The van der Waals surface area contributed by atoms with Crippen LogP contribution in [-0.4, -0.2) is 68.4 Å². The summed E-state index contributed by atoms with van der Waals surface area (Å²) in [5, 5.41) is 2.89. The Kier molecular flexibility index (Phi) is 8.43. The predicted octanol–water partition coefficient (Wildman–Crippen LogP) is 4.40. The molecule has 1 N–H and O–H groups in total. The number of amides is 1. The lowest BCUT2D eigenvalue weighted by atomic mass is 9.99. The lowest BCUT2D eigenvalue weighted by molar-refractivity contribution is -0.122. The van der Waals surface area contributed by atoms with Crippen molar-refractivity contribution in [1.82, 2.24) is 9.88 Å². The van der Waals surface area contributed by atoms with Crippen LogP contribution in [0.3, 0.4) is 0 Å². The molecule has 2 aliphatic heterocycles. The van der Waals surface area contributed by atoms with Crippen molar-refractivity contribution in [2.45, 2.75) is 19.4 Å². The van der Waals surface area contributed by atoms with Gasteiger partial charge in [-0.3, -0.25) is 9.69 Å². The Morgan fingerprint density at radius 1 is 0.895 bits per heavy atom. The van der Waals surface area contributed by atoms with Crippen molar-refractivity contribution in [2.75, 3.05) is 51.9 Å². The zero-order valence-electron chi connectivity index (χ0n) is 21.7. The average molecular weight is 516 g/mol. The number of ether oxygens (including phenoxy) is 3. The second-order valence-corrected chi connectivity index (χ2v) is 9.66. The predicted molar refractivity (Wildman–Crippen MR) is 145 cm³/mol. The summed E-state index contributed by atoms with van der Waals surface area (Å²) in [6.45, 7) is 5.60. The number of aromatic nitrogens is 1. The molecule has 0 radical (unpaired) electrons. The number of nitrogens with zero attached hydrogens (tertiary/aromatic N) is 2. The van der Waals surface area contributed by atoms with E-state index in [2.05, 4.69) is 39.5 Å². The second-order valence-electron chi connectivity index (χ2n) is 9.66. The van der Waals surface area contributed by atoms with Gasteiger partial charge in [-0.2, -0.15) is 0 Å². The van der Waals surface area contributed by atoms with E-state index >= 15 is 0 Å². The van der Waals surface area contributed by atoms with E-state index in [4.69, 9.17) is 14.2 Å². The van der Waals surface area contributed by atoms with Gasteiger partial charge in [-0.1, -0.05) is 48.5 Å². The van der Waals surface area contributed by atoms with Gasteiger partial charge in [0.2, 0.25) is 5.91 Å². The number of carbonyl (C=O) groups excluding carboxylic acids is 2. The maximum atomic E-state index is 12.8. The van der Waals surface area contributed by atoms with Crippen LogP contribution in [0.1, 0.15) is 28.8 Å². The van der Waals surface area contributed by atoms with E-state index in [1.54, 1.807) is 12.1 Å². The fourth-order valence-electron chi connectivity index (χ4n) is 4.82. The van der Waals surface area contributed by atoms with Crippen LogP contribution in [0.4, 0.5) is 5.82 Å². The fraction of sp³-hybridized carbons (Fsp3) is 0.367. The lowest BCUT2D eigenvalue weighted by Crippen LogP contribution is -2.35. The van der Waals surface area contributed by atoms with Gasteiger partial charge < -0.3 is 19.5 Å². The smallest absolute Gasteiger partial charge is 0.338 e. The topological polar surface area (TPSA) is 90.0 Å². The molecule has 0 spiro atoms. The molecule has 0 unspecified atom stereocenters. The van der Waals surface area contributed by atoms with Crippen LogP contribution in [0, 0.1) is 5.92 Å². The minimum Gasteiger partial charge on any atom is -0.465 e. The van der Waals surface area contributed by atoms with Gasteiger partial charge in [-0.25, -0.2) is 9.78 Å². The minimum atomic E-state index is -0.482. The SMILES string of the molecule is COC(=O)c1cc(NC(=O)C2CCOCC2)nc(-c2ccc(-c3ccc(CN4CCOCC4)cc3)cc2)c1. The Labute approximate surface area is 222 Å². The van der Waals surface area contributed by atoms with Crippen molar-refractivity contribution in [1.29, 1.82) is 0 Å². The zero-order chi connectivity index (χ0) is 26.3. The fourth-order valence-corrected chi connectivity index (χ4v) is 4.82. The molecule has 3 heterocycles. The lowest BCUT2D eigenvalue weighted by Gasteiger charge is -2.26. The van der Waals surface area contributed by atoms with Crippen LogP contribution in [0.25, 0.3) is 22.4 Å². The quantitative estimate of drug-likeness (QED) is 0.467. The number of anilines is 1. The summed E-state index contributed by atoms with van der Waals surface area (Å²) < 4.78 is 15.7. The van der Waals surface area contributed by atoms with Crippen LogP contribution in [0.15, 0.2) is 60.7 Å². The molecule has 8 nitrogen and oxygen atoms in total. The number of hydrogen-bond acceptors (Lipinski definition) is 7. The first-order chi connectivity index (χ1) is 18.6. The van der Waals surface area contributed by atoms with Gasteiger partial charge in [-0.05, 0) is 41.7 Å². The number of rotatable bonds is 7. The van der Waals surface area contributed by atoms with E-state index in [1.165, 1.54) is 12.7 Å². The molecule has 3 aromatic rings. The Hall–Kier alpha value is -3.59. The molecule has 2 fully saturated rings. The standard InChI is InChI=1S/C30H33N3O5/c1-36-30(35)26-18-27(31-28(19-26)32-29(34)25-10-14-37-15-11-25)24-8-6-23(7-9-24)22-4-2-21(3-5-22)20-33-12-16-38-17-13-33/h2-9,18-19,25H,10-17,20H2,1H3,(H,31,32,34). The van der Waals surface area contributed by atoms with Gasteiger partial charge in [0.15, 0.2) is 0 Å². The minimum absolute atomic E-state index is 0.110. The third-order valence-corrected chi connectivity index (χ3v) is 7.07. The molecular formula is C30H33N3O5. The molecule has 2 aromatic carbocycles. The van der Waals surface area contributed by atoms with E-state index in [0.717, 1.165) is 49.5 Å². The van der Waals surface area contributed by atoms with Gasteiger partial charge in [-0.15, -0.1) is 0 Å². The maximum absolute atomic E-state index is 12.8. The maximum Gasteiger partial charge on any atom is 0.338 e. The molecule has 5 rings (SSSR count). The van der Waals surface area contributed by atoms with Crippen molar-refractivity contribution < 1.29 is 23.8 Å². The first kappa shape index (κ1) is 26.0. The number of hydrogen-bond donors (Lipinski definition) is 1. The third-order valence-electron chi connectivity index (χ3n) is 7.07. The highest BCUT2D eigenvalue weighted by atomic mass is 16.5. The monoisotopic (exact) mass is 515 g/mol. The van der Waals surface area contributed by atoms with Crippen molar-refractivity contribution in [3.8, 4) is 22.4 Å². The summed E-state index contributed by atoms with van der Waals surface area (Å²) in [5.74, 6) is -0.389. The number of esters is 1. The van der Waals surface area contributed by atoms with E-state index < -0.39 is 5.97 Å². The second kappa shape index (κ2) is 12.3. The molecule has 1 amide bonds. The molecule has 0 bridgehead atoms. The van der Waals surface area contributed by atoms with E-state index in [-0.39, 0.29) is 11.8 Å². The van der Waals surface area contributed by atoms with Crippen molar-refractivity contribution >= 4 is 17.7 Å². The Balaban J connectivity index is 1.32. The number of pyridine rings is 1. The van der Waals surface area contributed by atoms with Gasteiger partial charge in [0.05, 0.1) is 31.6 Å². The van der Waals surface area contributed by atoms with Crippen LogP contribution in [0.2, 0.25) is 0 Å². The molecule has 0 saturated carbocycles. The van der Waals surface area contributed by atoms with Crippen LogP contribution < -0.4 is 5.32 Å². The Morgan fingerprint density at radius 3 is 2.16 bits per heavy atom. The zero-order valence-corrected chi connectivity index (χ0v) is 21.7. The molecule has 38 heavy (non-hydrogen) atoms. The first-order valence-electron chi connectivity index (χ1n) is 13.1. The van der Waals surface area contributed by atoms with Gasteiger partial charge in [0, 0.05) is 44.3 Å². The van der Waals surface area contributed by atoms with E-state index in [0.29, 0.717) is 43.1 Å². The van der Waals surface area contributed by atoms with Gasteiger partial charge >= 0.3 is 5.97 Å². The molecule has 8 heteroatoms. The summed E-state index contributed by atoms with van der Waals surface area (Å²) >= 11 is 0. The summed E-state index contributed by atoms with van der Waals surface area (Å²) in [4.78, 5) is 32.2. The Bertz CT molecular complexity index is 1250. The number of nitrogens with one attached hydrogen (secondary N) is 1. The molecule has 0 aliphatic carbocycles. The highest BCUT2D eigenvalue weighted by Crippen LogP contribution is 2.27. The van der Waals surface area contributed by atoms with Crippen molar-refractivity contribution in [3.63, 3.8) is 0 Å². The van der Waals surface area contributed by atoms with Crippen LogP contribution in [0.5, 0.6) is 0 Å². The van der Waals surface area contributed by atoms with Crippen LogP contribution >= 0.6 is 0 Å². The highest BCUT2D eigenvalue weighted by Gasteiger charge is 2.23. The third kappa shape index (κ3) is 6.45. The largest absolute Gasteiger partial charge is 0.465 e. The summed E-state index contributed by atoms with van der Waals surface area (Å²) in [6, 6.07) is 19.9. The van der Waals surface area contributed by atoms with Crippen LogP contribution in [-0.2, 0) is 25.5 Å². The number of morpholine rings is 1. The van der Waals surface area contributed by atoms with Crippen molar-refractivity contribution in [2.24, 2.45) is 5.92 Å². The molecule has 0 atom stereocenters. The first-order valence-corrected chi connectivity index (χ1v) is 13.1. The Morgan fingerprint density at radius 2 is 1.50 bits per heavy atom. The van der Waals surface area contributed by atoms with Gasteiger partial charge in [0.1, 0.15) is 5.82 Å². The molecule has 2 aliphatic rings. The number of carbonyl (C=O) groups is 2. The van der Waals surface area contributed by atoms with Gasteiger partial charge in [0.25, 0.3) is 0 Å². The summed E-state index contributed by atoms with van der Waals surface area (Å²) in [5.41, 5.74) is 5.26. The number of methoxy groups -OCH3 is 1. The van der Waals surface area contributed by atoms with Crippen molar-refractivity contribution in [3.05, 3.63) is 71.8 Å².